The topological polar surface area (TPSA) is 81.0 Å². The fraction of sp³-hybridized carbons (Fsp3) is 0.200. The maximum Gasteiger partial charge on any atom is 0.332 e. The molecule has 2 heterocycles. The number of aryl methyl sites for hydroxylation is 1. The second-order valence-corrected chi connectivity index (χ2v) is 4.84. The molecule has 6 nitrogen and oxygen atoms in total. The number of hydrogen-bond donors (Lipinski definition) is 1. The van der Waals surface area contributed by atoms with Crippen LogP contribution in [0, 0.1) is 17.0 Å². The van der Waals surface area contributed by atoms with Gasteiger partial charge >= 0.3 is 5.69 Å². The molecule has 0 aliphatic heterocycles. The van der Waals surface area contributed by atoms with Crippen LogP contribution in [0.2, 0.25) is 5.28 Å². The molecule has 1 N–H and O–H groups in total. The lowest BCUT2D eigenvalue weighted by Gasteiger charge is -2.06. The molecule has 94 valence electrons. The van der Waals surface area contributed by atoms with Crippen molar-refractivity contribution in [2.75, 3.05) is 5.32 Å². The van der Waals surface area contributed by atoms with E-state index in [4.69, 9.17) is 11.6 Å². The van der Waals surface area contributed by atoms with Gasteiger partial charge in [-0.1, -0.05) is 6.07 Å². The number of hydrogen-bond acceptors (Lipinski definition) is 6. The summed E-state index contributed by atoms with van der Waals surface area (Å²) in [4.78, 5) is 19.1. The highest BCUT2D eigenvalue weighted by Gasteiger charge is 2.21. The predicted octanol–water partition coefficient (Wildman–Crippen LogP) is 3.02. The van der Waals surface area contributed by atoms with E-state index >= 15 is 0 Å². The Hall–Kier alpha value is -1.73. The summed E-state index contributed by atoms with van der Waals surface area (Å²) >= 11 is 7.26. The Labute approximate surface area is 112 Å². The Morgan fingerprint density at radius 1 is 1.56 bits per heavy atom. The van der Waals surface area contributed by atoms with E-state index in [0.717, 1.165) is 4.88 Å². The number of nitrogens with zero attached hydrogens (tertiary/aromatic N) is 3. The van der Waals surface area contributed by atoms with Gasteiger partial charge in [-0.05, 0) is 30.0 Å². The lowest BCUT2D eigenvalue weighted by atomic mass is 10.3. The summed E-state index contributed by atoms with van der Waals surface area (Å²) in [6.45, 7) is 1.99. The molecule has 8 heteroatoms. The van der Waals surface area contributed by atoms with E-state index < -0.39 is 4.92 Å². The molecular weight excluding hydrogens is 276 g/mol. The minimum Gasteiger partial charge on any atom is -0.359 e. The van der Waals surface area contributed by atoms with Gasteiger partial charge in [0, 0.05) is 4.88 Å². The molecule has 0 aliphatic rings. The highest BCUT2D eigenvalue weighted by Crippen LogP contribution is 2.27. The average Bonchev–Trinajstić information content (AvgIpc) is 2.77. The van der Waals surface area contributed by atoms with Gasteiger partial charge in [0.05, 0.1) is 11.5 Å². The standard InChI is InChI=1S/C10H9ClN4O2S/c1-6-8(15(16)17)9(14-10(11)13-6)12-5-7-3-2-4-18-7/h2-4H,5H2,1H3,(H,12,13,14). The normalized spacial score (nSPS) is 10.3. The van der Waals surface area contributed by atoms with Crippen LogP contribution in [0.1, 0.15) is 10.6 Å². The van der Waals surface area contributed by atoms with Crippen LogP contribution in [0.3, 0.4) is 0 Å². The van der Waals surface area contributed by atoms with Gasteiger partial charge in [-0.3, -0.25) is 10.1 Å². The summed E-state index contributed by atoms with van der Waals surface area (Å²) in [5.41, 5.74) is 0.102. The number of thiophene rings is 1. The Morgan fingerprint density at radius 3 is 2.94 bits per heavy atom. The predicted molar refractivity (Wildman–Crippen MR) is 70.1 cm³/mol. The second kappa shape index (κ2) is 5.28. The molecule has 0 fully saturated rings. The third-order valence-corrected chi connectivity index (χ3v) is 3.27. The smallest absolute Gasteiger partial charge is 0.332 e. The number of nitrogens with one attached hydrogen (secondary N) is 1. The summed E-state index contributed by atoms with van der Waals surface area (Å²) < 4.78 is 0. The van der Waals surface area contributed by atoms with Gasteiger partial charge in [0.2, 0.25) is 11.1 Å². The van der Waals surface area contributed by atoms with Gasteiger partial charge in [-0.15, -0.1) is 11.3 Å². The summed E-state index contributed by atoms with van der Waals surface area (Å²) in [5.74, 6) is 0.144. The number of halogens is 1. The SMILES string of the molecule is Cc1nc(Cl)nc(NCc2cccs2)c1[N+](=O)[O-]. The van der Waals surface area contributed by atoms with Gasteiger partial charge in [0.25, 0.3) is 0 Å². The lowest BCUT2D eigenvalue weighted by molar-refractivity contribution is -0.385. The molecule has 0 atom stereocenters. The monoisotopic (exact) mass is 284 g/mol. The fourth-order valence-corrected chi connectivity index (χ4v) is 2.31. The van der Waals surface area contributed by atoms with Crippen LogP contribution >= 0.6 is 22.9 Å². The van der Waals surface area contributed by atoms with Crippen LogP contribution < -0.4 is 5.32 Å². The average molecular weight is 285 g/mol. The van der Waals surface area contributed by atoms with Crippen LogP contribution in [0.15, 0.2) is 17.5 Å². The van der Waals surface area contributed by atoms with E-state index in [-0.39, 0.29) is 22.5 Å². The van der Waals surface area contributed by atoms with Crippen molar-refractivity contribution in [1.82, 2.24) is 9.97 Å². The molecule has 0 amide bonds. The first kappa shape index (κ1) is 12.7. The number of aromatic nitrogens is 2. The quantitative estimate of drug-likeness (QED) is 0.530. The summed E-state index contributed by atoms with van der Waals surface area (Å²) in [6, 6.07) is 3.84. The zero-order valence-electron chi connectivity index (χ0n) is 9.38. The minimum absolute atomic E-state index is 0.00761. The van der Waals surface area contributed by atoms with Gasteiger partial charge in [0.1, 0.15) is 5.69 Å². The molecule has 2 aromatic rings. The van der Waals surface area contributed by atoms with Crippen molar-refractivity contribution >= 4 is 34.4 Å². The molecular formula is C10H9ClN4O2S. The van der Waals surface area contributed by atoms with Crippen LogP contribution in [-0.2, 0) is 6.54 Å². The third-order valence-electron chi connectivity index (χ3n) is 2.22. The molecule has 0 spiro atoms. The van der Waals surface area contributed by atoms with Crippen molar-refractivity contribution in [2.24, 2.45) is 0 Å². The van der Waals surface area contributed by atoms with E-state index in [0.29, 0.717) is 6.54 Å². The van der Waals surface area contributed by atoms with Crippen molar-refractivity contribution in [2.45, 2.75) is 13.5 Å². The first-order valence-electron chi connectivity index (χ1n) is 5.02. The third kappa shape index (κ3) is 2.74. The molecule has 0 radical (unpaired) electrons. The molecule has 0 saturated carbocycles. The van der Waals surface area contributed by atoms with E-state index in [1.54, 1.807) is 11.3 Å². The molecule has 0 saturated heterocycles. The highest BCUT2D eigenvalue weighted by atomic mass is 35.5. The largest absolute Gasteiger partial charge is 0.359 e. The minimum atomic E-state index is -0.511. The molecule has 2 aromatic heterocycles. The molecule has 2 rings (SSSR count). The van der Waals surface area contributed by atoms with E-state index in [1.165, 1.54) is 6.92 Å². The zero-order valence-corrected chi connectivity index (χ0v) is 11.0. The van der Waals surface area contributed by atoms with Gasteiger partial charge in [0.15, 0.2) is 0 Å². The molecule has 0 aliphatic carbocycles. The molecule has 0 aromatic carbocycles. The first-order valence-corrected chi connectivity index (χ1v) is 6.28. The van der Waals surface area contributed by atoms with Crippen molar-refractivity contribution in [3.05, 3.63) is 43.5 Å². The van der Waals surface area contributed by atoms with Crippen molar-refractivity contribution in [1.29, 1.82) is 0 Å². The number of anilines is 1. The summed E-state index contributed by atoms with van der Waals surface area (Å²) in [5, 5.41) is 15.8. The van der Waals surface area contributed by atoms with E-state index in [2.05, 4.69) is 15.3 Å². The Kier molecular flexibility index (Phi) is 3.73. The first-order chi connectivity index (χ1) is 8.58. The van der Waals surface area contributed by atoms with Crippen molar-refractivity contribution in [3.63, 3.8) is 0 Å². The van der Waals surface area contributed by atoms with Crippen LogP contribution in [0.5, 0.6) is 0 Å². The summed E-state index contributed by atoms with van der Waals surface area (Å²) in [7, 11) is 0. The second-order valence-electron chi connectivity index (χ2n) is 3.47. The Morgan fingerprint density at radius 2 is 2.33 bits per heavy atom. The van der Waals surface area contributed by atoms with Crippen molar-refractivity contribution in [3.8, 4) is 0 Å². The molecule has 18 heavy (non-hydrogen) atoms. The van der Waals surface area contributed by atoms with Crippen LogP contribution in [0.4, 0.5) is 11.5 Å². The molecule has 0 unspecified atom stereocenters. The number of rotatable bonds is 4. The van der Waals surface area contributed by atoms with Gasteiger partial charge in [-0.2, -0.15) is 4.98 Å². The van der Waals surface area contributed by atoms with Crippen molar-refractivity contribution < 1.29 is 4.92 Å². The maximum atomic E-state index is 11.0. The van der Waals surface area contributed by atoms with Crippen LogP contribution in [0.25, 0.3) is 0 Å². The molecule has 0 bridgehead atoms. The summed E-state index contributed by atoms with van der Waals surface area (Å²) in [6.07, 6.45) is 0. The zero-order chi connectivity index (χ0) is 13.1. The fourth-order valence-electron chi connectivity index (χ4n) is 1.46. The van der Waals surface area contributed by atoms with E-state index in [1.807, 2.05) is 17.5 Å². The van der Waals surface area contributed by atoms with E-state index in [9.17, 15) is 10.1 Å². The van der Waals surface area contributed by atoms with Crippen LogP contribution in [-0.4, -0.2) is 14.9 Å². The maximum absolute atomic E-state index is 11.0. The Bertz CT molecular complexity index is 574. The van der Waals surface area contributed by atoms with Gasteiger partial charge in [-0.25, -0.2) is 4.98 Å². The number of nitro groups is 1. The highest BCUT2D eigenvalue weighted by molar-refractivity contribution is 7.09. The Balaban J connectivity index is 2.28. The lowest BCUT2D eigenvalue weighted by Crippen LogP contribution is -2.07. The van der Waals surface area contributed by atoms with Gasteiger partial charge < -0.3 is 5.32 Å².